The summed E-state index contributed by atoms with van der Waals surface area (Å²) in [6, 6.07) is 4.52. The number of hydrogen-bond donors (Lipinski definition) is 1. The van der Waals surface area contributed by atoms with Crippen LogP contribution < -0.4 is 5.73 Å². The molecule has 3 nitrogen and oxygen atoms in total. The third-order valence-electron chi connectivity index (χ3n) is 1.66. The second-order valence-corrected chi connectivity index (χ2v) is 5.34. The van der Waals surface area contributed by atoms with Crippen LogP contribution in [0.1, 0.15) is 0 Å². The van der Waals surface area contributed by atoms with Gasteiger partial charge in [0.25, 0.3) is 0 Å². The van der Waals surface area contributed by atoms with Gasteiger partial charge in [0.1, 0.15) is 12.5 Å². The zero-order chi connectivity index (χ0) is 13.1. The molecule has 1 aromatic carbocycles. The second kappa shape index (κ2) is 5.83. The Kier molecular flexibility index (Phi) is 4.96. The molecule has 1 atom stereocenters. The van der Waals surface area contributed by atoms with Gasteiger partial charge in [-0.1, -0.05) is 0 Å². The number of hydrogen-bond acceptors (Lipinski definition) is 3. The minimum absolute atomic E-state index is 0.348. The van der Waals surface area contributed by atoms with Crippen LogP contribution in [0, 0.1) is 0 Å². The molecule has 0 heterocycles. The molecule has 0 radical (unpaired) electrons. The molecule has 1 rings (SSSR count). The number of rotatable bonds is 4. The fraction of sp³-hybridized carbons (Fsp3) is 0.333. The Morgan fingerprint density at radius 1 is 1.41 bits per heavy atom. The van der Waals surface area contributed by atoms with Gasteiger partial charge in [0.05, 0.1) is 15.7 Å². The number of ether oxygens (including phenoxy) is 1. The quantitative estimate of drug-likeness (QED) is 0.863. The predicted molar refractivity (Wildman–Crippen MR) is 61.8 cm³/mol. The second-order valence-electron chi connectivity index (χ2n) is 3.12. The van der Waals surface area contributed by atoms with Crippen molar-refractivity contribution in [3.63, 3.8) is 0 Å². The lowest BCUT2D eigenvalue weighted by atomic mass is 10.3. The third-order valence-corrected chi connectivity index (χ3v) is 3.80. The first-order valence-corrected chi connectivity index (χ1v) is 6.48. The van der Waals surface area contributed by atoms with Gasteiger partial charge in [-0.2, -0.15) is 13.2 Å². The highest BCUT2D eigenvalue weighted by atomic mass is 79.9. The fourth-order valence-electron chi connectivity index (χ4n) is 0.998. The first-order valence-electron chi connectivity index (χ1n) is 4.37. The average molecular weight is 332 g/mol. The van der Waals surface area contributed by atoms with Crippen molar-refractivity contribution < 1.29 is 22.1 Å². The summed E-state index contributed by atoms with van der Waals surface area (Å²) in [6.45, 7) is -1.41. The smallest absolute Gasteiger partial charge is 0.399 e. The van der Waals surface area contributed by atoms with E-state index in [9.17, 15) is 17.4 Å². The van der Waals surface area contributed by atoms with Crippen molar-refractivity contribution in [2.75, 3.05) is 18.3 Å². The Labute approximate surface area is 107 Å². The van der Waals surface area contributed by atoms with E-state index in [4.69, 9.17) is 5.73 Å². The van der Waals surface area contributed by atoms with E-state index in [0.29, 0.717) is 15.1 Å². The van der Waals surface area contributed by atoms with Crippen molar-refractivity contribution >= 4 is 32.4 Å². The lowest BCUT2D eigenvalue weighted by molar-refractivity contribution is -0.169. The highest BCUT2D eigenvalue weighted by Crippen LogP contribution is 2.23. The lowest BCUT2D eigenvalue weighted by Crippen LogP contribution is -2.18. The summed E-state index contributed by atoms with van der Waals surface area (Å²) in [5.74, 6) is -0.512. The molecule has 2 N–H and O–H groups in total. The van der Waals surface area contributed by atoms with Gasteiger partial charge in [0, 0.05) is 10.2 Å². The standard InChI is InChI=1S/C9H9BrF3NO2S/c10-7-3-6(14)1-2-8(7)17(15)5-16-4-9(11,12)13/h1-3H,4-5,14H2. The monoisotopic (exact) mass is 331 g/mol. The van der Waals surface area contributed by atoms with E-state index in [1.807, 2.05) is 0 Å². The van der Waals surface area contributed by atoms with Crippen molar-refractivity contribution in [3.05, 3.63) is 22.7 Å². The first kappa shape index (κ1) is 14.5. The molecular formula is C9H9BrF3NO2S. The average Bonchev–Trinajstić information content (AvgIpc) is 2.15. The van der Waals surface area contributed by atoms with Gasteiger partial charge in [-0.05, 0) is 34.1 Å². The Morgan fingerprint density at radius 2 is 2.06 bits per heavy atom. The van der Waals surface area contributed by atoms with E-state index in [1.165, 1.54) is 18.2 Å². The zero-order valence-electron chi connectivity index (χ0n) is 8.46. The van der Waals surface area contributed by atoms with Crippen LogP contribution in [0.25, 0.3) is 0 Å². The van der Waals surface area contributed by atoms with Crippen molar-refractivity contribution in [2.45, 2.75) is 11.1 Å². The van der Waals surface area contributed by atoms with E-state index in [2.05, 4.69) is 20.7 Å². The van der Waals surface area contributed by atoms with E-state index in [-0.39, 0.29) is 0 Å². The topological polar surface area (TPSA) is 52.3 Å². The largest absolute Gasteiger partial charge is 0.411 e. The van der Waals surface area contributed by atoms with Crippen LogP contribution in [0.3, 0.4) is 0 Å². The summed E-state index contributed by atoms with van der Waals surface area (Å²) in [4.78, 5) is 0.348. The molecule has 0 aliphatic carbocycles. The summed E-state index contributed by atoms with van der Waals surface area (Å²) < 4.78 is 51.8. The third kappa shape index (κ3) is 5.05. The van der Waals surface area contributed by atoms with Gasteiger partial charge in [-0.3, -0.25) is 4.21 Å². The number of nitrogens with two attached hydrogens (primary N) is 1. The summed E-state index contributed by atoms with van der Waals surface area (Å²) >= 11 is 3.13. The van der Waals surface area contributed by atoms with Crippen molar-refractivity contribution in [1.82, 2.24) is 0 Å². The first-order chi connectivity index (χ1) is 7.79. The van der Waals surface area contributed by atoms with Crippen LogP contribution in [0.5, 0.6) is 0 Å². The van der Waals surface area contributed by atoms with E-state index < -0.39 is 29.5 Å². The van der Waals surface area contributed by atoms with Crippen molar-refractivity contribution in [1.29, 1.82) is 0 Å². The van der Waals surface area contributed by atoms with Crippen LogP contribution in [0.4, 0.5) is 18.9 Å². The number of anilines is 1. The lowest BCUT2D eigenvalue weighted by Gasteiger charge is -2.08. The van der Waals surface area contributed by atoms with E-state index in [1.54, 1.807) is 0 Å². The maximum atomic E-state index is 11.8. The molecule has 8 heteroatoms. The summed E-state index contributed by atoms with van der Waals surface area (Å²) in [5, 5.41) is 0. The number of nitrogen functional groups attached to an aromatic ring is 1. The minimum Gasteiger partial charge on any atom is -0.399 e. The van der Waals surface area contributed by atoms with Crippen LogP contribution >= 0.6 is 15.9 Å². The van der Waals surface area contributed by atoms with Crippen LogP contribution in [0.2, 0.25) is 0 Å². The zero-order valence-corrected chi connectivity index (χ0v) is 10.9. The summed E-state index contributed by atoms with van der Waals surface area (Å²) in [6.07, 6.45) is -4.41. The van der Waals surface area contributed by atoms with Crippen LogP contribution in [-0.2, 0) is 15.5 Å². The maximum absolute atomic E-state index is 11.8. The molecule has 0 saturated heterocycles. The SMILES string of the molecule is Nc1ccc(S(=O)COCC(F)(F)F)c(Br)c1. The van der Waals surface area contributed by atoms with Crippen molar-refractivity contribution in [3.8, 4) is 0 Å². The maximum Gasteiger partial charge on any atom is 0.411 e. The molecule has 0 aliphatic rings. The molecule has 0 aliphatic heterocycles. The van der Waals surface area contributed by atoms with Gasteiger partial charge >= 0.3 is 6.18 Å². The highest BCUT2D eigenvalue weighted by molar-refractivity contribution is 9.10. The van der Waals surface area contributed by atoms with Gasteiger partial charge < -0.3 is 10.5 Å². The van der Waals surface area contributed by atoms with Gasteiger partial charge in [0.15, 0.2) is 0 Å². The van der Waals surface area contributed by atoms with Crippen LogP contribution in [0.15, 0.2) is 27.6 Å². The Bertz CT molecular complexity index is 425. The predicted octanol–water partition coefficient (Wildman–Crippen LogP) is 2.68. The minimum atomic E-state index is -4.41. The molecular weight excluding hydrogens is 323 g/mol. The molecule has 96 valence electrons. The molecule has 0 saturated carbocycles. The molecule has 0 aromatic heterocycles. The summed E-state index contributed by atoms with van der Waals surface area (Å²) in [7, 11) is -1.66. The molecule has 0 fully saturated rings. The molecule has 1 aromatic rings. The van der Waals surface area contributed by atoms with Gasteiger partial charge in [-0.25, -0.2) is 0 Å². The molecule has 0 bridgehead atoms. The summed E-state index contributed by atoms with van der Waals surface area (Å²) in [5.41, 5.74) is 5.94. The Balaban J connectivity index is 2.59. The Morgan fingerprint density at radius 3 is 2.59 bits per heavy atom. The number of benzene rings is 1. The van der Waals surface area contributed by atoms with E-state index >= 15 is 0 Å². The molecule has 1 unspecified atom stereocenters. The molecule has 0 amide bonds. The highest BCUT2D eigenvalue weighted by Gasteiger charge is 2.27. The number of halogens is 4. The Hall–Kier alpha value is -0.600. The molecule has 17 heavy (non-hydrogen) atoms. The fourth-order valence-corrected chi connectivity index (χ4v) is 2.79. The van der Waals surface area contributed by atoms with E-state index in [0.717, 1.165) is 0 Å². The van der Waals surface area contributed by atoms with Gasteiger partial charge in [0.2, 0.25) is 0 Å². The van der Waals surface area contributed by atoms with Crippen LogP contribution in [-0.4, -0.2) is 22.9 Å². The normalized spacial score (nSPS) is 13.6. The molecule has 0 spiro atoms. The van der Waals surface area contributed by atoms with Crippen molar-refractivity contribution in [2.24, 2.45) is 0 Å². The number of alkyl halides is 3. The van der Waals surface area contributed by atoms with Gasteiger partial charge in [-0.15, -0.1) is 0 Å².